The van der Waals surface area contributed by atoms with E-state index >= 15 is 0 Å². The fourth-order valence-electron chi connectivity index (χ4n) is 3.18. The van der Waals surface area contributed by atoms with Gasteiger partial charge in [0.1, 0.15) is 5.82 Å². The molecule has 0 unspecified atom stereocenters. The summed E-state index contributed by atoms with van der Waals surface area (Å²) in [6.07, 6.45) is 5.00. The summed E-state index contributed by atoms with van der Waals surface area (Å²) in [6.45, 7) is 4.32. The average Bonchev–Trinajstić information content (AvgIpc) is 2.88. The third-order valence-electron chi connectivity index (χ3n) is 4.72. The van der Waals surface area contributed by atoms with Crippen molar-refractivity contribution in [1.82, 2.24) is 15.3 Å². The normalized spacial score (nSPS) is 23.9. The minimum Gasteiger partial charge on any atom is -0.342 e. The fourth-order valence-corrected chi connectivity index (χ4v) is 3.18. The van der Waals surface area contributed by atoms with Gasteiger partial charge in [-0.1, -0.05) is 6.07 Å². The van der Waals surface area contributed by atoms with Crippen molar-refractivity contribution in [2.45, 2.75) is 51.5 Å². The zero-order valence-electron chi connectivity index (χ0n) is 12.1. The van der Waals surface area contributed by atoms with Crippen LogP contribution in [0.1, 0.15) is 48.6 Å². The Bertz CT molecular complexity index is 577. The number of nitrogens with zero attached hydrogens (tertiary/aromatic N) is 1. The van der Waals surface area contributed by atoms with Crippen LogP contribution in [0, 0.1) is 13.8 Å². The molecule has 0 amide bonds. The van der Waals surface area contributed by atoms with Crippen molar-refractivity contribution in [3.8, 4) is 0 Å². The predicted molar refractivity (Wildman–Crippen MR) is 79.6 cm³/mol. The van der Waals surface area contributed by atoms with E-state index in [1.807, 2.05) is 0 Å². The van der Waals surface area contributed by atoms with E-state index in [1.54, 1.807) is 0 Å². The Balaban J connectivity index is 1.88. The van der Waals surface area contributed by atoms with Gasteiger partial charge in [-0.25, -0.2) is 4.98 Å². The van der Waals surface area contributed by atoms with Gasteiger partial charge in [0.15, 0.2) is 0 Å². The number of aromatic amines is 1. The molecule has 1 aromatic heterocycles. The Morgan fingerprint density at radius 1 is 1.16 bits per heavy atom. The number of aryl methyl sites for hydroxylation is 2. The molecular formula is C16H23N3. The molecule has 0 radical (unpaired) electrons. The number of imidazole rings is 1. The monoisotopic (exact) mass is 257 g/mol. The van der Waals surface area contributed by atoms with Crippen LogP contribution < -0.4 is 5.32 Å². The largest absolute Gasteiger partial charge is 0.342 e. The van der Waals surface area contributed by atoms with Crippen LogP contribution in [0.25, 0.3) is 11.0 Å². The summed E-state index contributed by atoms with van der Waals surface area (Å²) in [6, 6.07) is 5.04. The molecule has 1 heterocycles. The minimum absolute atomic E-state index is 0.608. The molecule has 0 spiro atoms. The molecule has 19 heavy (non-hydrogen) atoms. The average molecular weight is 257 g/mol. The molecule has 2 aromatic rings. The first-order chi connectivity index (χ1) is 9.19. The van der Waals surface area contributed by atoms with Crippen LogP contribution in [-0.4, -0.2) is 23.1 Å². The van der Waals surface area contributed by atoms with Crippen LogP contribution in [0.4, 0.5) is 0 Å². The molecule has 0 bridgehead atoms. The van der Waals surface area contributed by atoms with Crippen LogP contribution in [0.3, 0.4) is 0 Å². The lowest BCUT2D eigenvalue weighted by atomic mass is 9.86. The van der Waals surface area contributed by atoms with Crippen molar-refractivity contribution < 1.29 is 0 Å². The van der Waals surface area contributed by atoms with Crippen LogP contribution in [0.5, 0.6) is 0 Å². The molecule has 0 atom stereocenters. The number of aromatic nitrogens is 2. The third kappa shape index (κ3) is 2.27. The summed E-state index contributed by atoms with van der Waals surface area (Å²) in [4.78, 5) is 8.41. The third-order valence-corrected chi connectivity index (χ3v) is 4.72. The summed E-state index contributed by atoms with van der Waals surface area (Å²) in [5.74, 6) is 1.80. The molecule has 102 valence electrons. The summed E-state index contributed by atoms with van der Waals surface area (Å²) in [5.41, 5.74) is 4.98. The summed E-state index contributed by atoms with van der Waals surface area (Å²) in [7, 11) is 2.07. The maximum absolute atomic E-state index is 4.87. The van der Waals surface area contributed by atoms with Gasteiger partial charge in [-0.3, -0.25) is 0 Å². The van der Waals surface area contributed by atoms with Gasteiger partial charge in [-0.05, 0) is 63.8 Å². The van der Waals surface area contributed by atoms with Gasteiger partial charge < -0.3 is 10.3 Å². The SMILES string of the molecule is CNC1CCC(c2nc3c(C)c(C)ccc3[nH]2)CC1. The molecular weight excluding hydrogens is 234 g/mol. The number of fused-ring (bicyclic) bond motifs is 1. The number of H-pyrrole nitrogens is 1. The van der Waals surface area contributed by atoms with Gasteiger partial charge >= 0.3 is 0 Å². The summed E-state index contributed by atoms with van der Waals surface area (Å²) < 4.78 is 0. The Labute approximate surface area is 114 Å². The Morgan fingerprint density at radius 3 is 2.58 bits per heavy atom. The molecule has 3 rings (SSSR count). The van der Waals surface area contributed by atoms with E-state index in [1.165, 1.54) is 48.2 Å². The molecule has 1 aliphatic carbocycles. The van der Waals surface area contributed by atoms with E-state index in [4.69, 9.17) is 4.98 Å². The lowest BCUT2D eigenvalue weighted by Crippen LogP contribution is -2.29. The van der Waals surface area contributed by atoms with Crippen molar-refractivity contribution in [2.75, 3.05) is 7.05 Å². The molecule has 0 aliphatic heterocycles. The Hall–Kier alpha value is -1.35. The smallest absolute Gasteiger partial charge is 0.110 e. The molecule has 0 saturated heterocycles. The lowest BCUT2D eigenvalue weighted by molar-refractivity contribution is 0.352. The van der Waals surface area contributed by atoms with Gasteiger partial charge in [0.25, 0.3) is 0 Å². The maximum atomic E-state index is 4.87. The van der Waals surface area contributed by atoms with Crippen LogP contribution in [0.2, 0.25) is 0 Å². The van der Waals surface area contributed by atoms with Gasteiger partial charge in [0.05, 0.1) is 11.0 Å². The highest BCUT2D eigenvalue weighted by molar-refractivity contribution is 5.79. The molecule has 3 heteroatoms. The highest BCUT2D eigenvalue weighted by Gasteiger charge is 2.23. The molecule has 1 saturated carbocycles. The van der Waals surface area contributed by atoms with E-state index in [0.29, 0.717) is 12.0 Å². The number of hydrogen-bond acceptors (Lipinski definition) is 2. The van der Waals surface area contributed by atoms with E-state index in [9.17, 15) is 0 Å². The van der Waals surface area contributed by atoms with E-state index in [-0.39, 0.29) is 0 Å². The lowest BCUT2D eigenvalue weighted by Gasteiger charge is -2.26. The van der Waals surface area contributed by atoms with Gasteiger partial charge in [0.2, 0.25) is 0 Å². The van der Waals surface area contributed by atoms with Gasteiger partial charge in [-0.15, -0.1) is 0 Å². The number of benzene rings is 1. The van der Waals surface area contributed by atoms with Crippen molar-refractivity contribution in [3.05, 3.63) is 29.1 Å². The number of rotatable bonds is 2. The van der Waals surface area contributed by atoms with E-state index in [0.717, 1.165) is 5.52 Å². The Kier molecular flexibility index (Phi) is 3.31. The minimum atomic E-state index is 0.608. The van der Waals surface area contributed by atoms with E-state index < -0.39 is 0 Å². The van der Waals surface area contributed by atoms with Crippen LogP contribution >= 0.6 is 0 Å². The highest BCUT2D eigenvalue weighted by atomic mass is 14.9. The fraction of sp³-hybridized carbons (Fsp3) is 0.562. The first-order valence-electron chi connectivity index (χ1n) is 7.32. The zero-order chi connectivity index (χ0) is 13.4. The highest BCUT2D eigenvalue weighted by Crippen LogP contribution is 2.33. The van der Waals surface area contributed by atoms with Crippen molar-refractivity contribution >= 4 is 11.0 Å². The van der Waals surface area contributed by atoms with Crippen molar-refractivity contribution in [1.29, 1.82) is 0 Å². The first-order valence-corrected chi connectivity index (χ1v) is 7.32. The molecule has 1 aromatic carbocycles. The second kappa shape index (κ2) is 4.97. The topological polar surface area (TPSA) is 40.7 Å². The van der Waals surface area contributed by atoms with Gasteiger partial charge in [0, 0.05) is 12.0 Å². The predicted octanol–water partition coefficient (Wildman–Crippen LogP) is 3.43. The quantitative estimate of drug-likeness (QED) is 0.865. The molecule has 2 N–H and O–H groups in total. The molecule has 1 fully saturated rings. The standard InChI is InChI=1S/C16H23N3/c1-10-4-9-14-15(11(10)2)19-16(18-14)12-5-7-13(17-3)8-6-12/h4,9,12-13,17H,5-8H2,1-3H3,(H,18,19). The van der Waals surface area contributed by atoms with Crippen LogP contribution in [0.15, 0.2) is 12.1 Å². The van der Waals surface area contributed by atoms with Gasteiger partial charge in [-0.2, -0.15) is 0 Å². The number of nitrogens with one attached hydrogen (secondary N) is 2. The second-order valence-electron chi connectivity index (χ2n) is 5.86. The van der Waals surface area contributed by atoms with E-state index in [2.05, 4.69) is 43.3 Å². The van der Waals surface area contributed by atoms with Crippen LogP contribution in [-0.2, 0) is 0 Å². The molecule has 1 aliphatic rings. The van der Waals surface area contributed by atoms with Crippen molar-refractivity contribution in [3.63, 3.8) is 0 Å². The maximum Gasteiger partial charge on any atom is 0.110 e. The second-order valence-corrected chi connectivity index (χ2v) is 5.86. The van der Waals surface area contributed by atoms with Crippen molar-refractivity contribution in [2.24, 2.45) is 0 Å². The number of hydrogen-bond donors (Lipinski definition) is 2. The Morgan fingerprint density at radius 2 is 1.89 bits per heavy atom. The molecule has 3 nitrogen and oxygen atoms in total. The first kappa shape index (κ1) is 12.7. The summed E-state index contributed by atoms with van der Waals surface area (Å²) in [5, 5.41) is 3.39. The zero-order valence-corrected chi connectivity index (χ0v) is 12.1. The summed E-state index contributed by atoms with van der Waals surface area (Å²) >= 11 is 0.